The Hall–Kier alpha value is -3.01. The fourth-order valence-corrected chi connectivity index (χ4v) is 50.6. The van der Waals surface area contributed by atoms with Crippen LogP contribution in [0.5, 0.6) is 0 Å². The van der Waals surface area contributed by atoms with E-state index in [9.17, 15) is 0 Å². The molecule has 48 heavy (non-hydrogen) atoms. The van der Waals surface area contributed by atoms with E-state index in [1.54, 1.807) is 0 Å². The first-order valence-corrected chi connectivity index (χ1v) is 38.2. The maximum absolute atomic E-state index is 8.68. The minimum absolute atomic E-state index is 0.0799. The maximum atomic E-state index is 8.68. The molecule has 0 radical (unpaired) electrons. The Balaban J connectivity index is 1.36. The van der Waals surface area contributed by atoms with Crippen LogP contribution in [0.25, 0.3) is 56.0 Å². The molecule has 0 nitrogen and oxygen atoms in total. The van der Waals surface area contributed by atoms with Gasteiger partial charge in [-0.05, 0) is 0 Å². The van der Waals surface area contributed by atoms with Crippen molar-refractivity contribution in [2.24, 2.45) is 0 Å². The fraction of sp³-hybridized carbons (Fsp3) is 0.182. The van der Waals surface area contributed by atoms with Crippen molar-refractivity contribution in [2.45, 2.75) is 47.1 Å². The van der Waals surface area contributed by atoms with Gasteiger partial charge in [0.1, 0.15) is 0 Å². The standard InChI is InChI=1S/2C21H17.C2H6Si.2ClH.Hf/c2*1-2-15-13-17-9-6-12-20(21(17)14-15)19-11-5-8-16-7-3-4-10-18(16)19;1-3-2;;;/h2*3-14H,2H2,1H3;1-2H3;2*1H;/q;;;;;+2/p-2. The van der Waals surface area contributed by atoms with E-state index in [1.165, 1.54) is 77.2 Å². The van der Waals surface area contributed by atoms with Crippen molar-refractivity contribution in [3.8, 4) is 22.3 Å². The molecule has 2 aliphatic carbocycles. The SMILES string of the molecule is CCC1=Cc2c(-c3cccc4ccccc34)cccc2[CH]1[Hf]([Cl])([Cl])([CH]1C(CC)=Cc2c(-c3cccc4ccccc34)cccc21)=[Si](C)C. The predicted octanol–water partition coefficient (Wildman–Crippen LogP) is 14.0. The first kappa shape index (κ1) is 32.2. The van der Waals surface area contributed by atoms with Gasteiger partial charge in [-0.1, -0.05) is 0 Å². The van der Waals surface area contributed by atoms with Gasteiger partial charge in [0.15, 0.2) is 0 Å². The third kappa shape index (κ3) is 4.70. The van der Waals surface area contributed by atoms with Crippen LogP contribution in [-0.4, -0.2) is 5.49 Å². The molecule has 8 rings (SSSR count). The van der Waals surface area contributed by atoms with Crippen molar-refractivity contribution in [1.82, 2.24) is 0 Å². The number of halogens is 2. The second-order valence-corrected chi connectivity index (χ2v) is 68.0. The number of allylic oxidation sites excluding steroid dienone is 2. The zero-order valence-electron chi connectivity index (χ0n) is 28.0. The van der Waals surface area contributed by atoms with Gasteiger partial charge in [-0.15, -0.1) is 0 Å². The van der Waals surface area contributed by atoms with Crippen molar-refractivity contribution in [2.75, 3.05) is 0 Å². The molecule has 0 amide bonds. The first-order valence-electron chi connectivity index (χ1n) is 17.3. The number of fused-ring (bicyclic) bond motifs is 4. The van der Waals surface area contributed by atoms with Gasteiger partial charge in [-0.2, -0.15) is 0 Å². The second kappa shape index (κ2) is 12.1. The minimum atomic E-state index is -5.04. The van der Waals surface area contributed by atoms with Crippen LogP contribution in [0.3, 0.4) is 0 Å². The zero-order chi connectivity index (χ0) is 33.2. The summed E-state index contributed by atoms with van der Waals surface area (Å²) in [7, 11) is 17.4. The molecule has 6 aromatic carbocycles. The van der Waals surface area contributed by atoms with E-state index in [4.69, 9.17) is 17.2 Å². The zero-order valence-corrected chi connectivity index (χ0v) is 34.1. The summed E-state index contributed by atoms with van der Waals surface area (Å²) < 4.78 is 0.160. The van der Waals surface area contributed by atoms with E-state index in [1.807, 2.05) is 0 Å². The van der Waals surface area contributed by atoms with E-state index < -0.39 is 20.3 Å². The third-order valence-corrected chi connectivity index (χ3v) is 76.7. The Bertz CT molecular complexity index is 2250. The molecule has 0 aromatic heterocycles. The van der Waals surface area contributed by atoms with Gasteiger partial charge in [0.2, 0.25) is 0 Å². The Morgan fingerprint density at radius 1 is 0.500 bits per heavy atom. The van der Waals surface area contributed by atoms with Crippen LogP contribution in [0.2, 0.25) is 13.1 Å². The number of rotatable bonds is 6. The summed E-state index contributed by atoms with van der Waals surface area (Å²) in [5.41, 5.74) is 12.1. The number of hydrogen-bond donors (Lipinski definition) is 0. The summed E-state index contributed by atoms with van der Waals surface area (Å²) in [6, 6.07) is 44.5. The van der Waals surface area contributed by atoms with E-state index >= 15 is 0 Å². The molecule has 0 bridgehead atoms. The van der Waals surface area contributed by atoms with Crippen LogP contribution < -0.4 is 0 Å². The Kier molecular flexibility index (Phi) is 8.11. The number of hydrogen-bond acceptors (Lipinski definition) is 0. The van der Waals surface area contributed by atoms with E-state index in [0.29, 0.717) is 0 Å². The number of benzene rings is 6. The molecule has 0 aliphatic heterocycles. The van der Waals surface area contributed by atoms with E-state index in [-0.39, 0.29) is 7.35 Å². The molecule has 0 heterocycles. The van der Waals surface area contributed by atoms with Crippen LogP contribution in [-0.2, 0) is 14.8 Å². The van der Waals surface area contributed by atoms with Crippen molar-refractivity contribution < 1.29 is 14.8 Å². The molecule has 0 N–H and O–H groups in total. The monoisotopic (exact) mass is 846 g/mol. The first-order chi connectivity index (χ1) is 23.3. The Labute approximate surface area is 292 Å². The van der Waals surface area contributed by atoms with Crippen molar-refractivity contribution in [1.29, 1.82) is 0 Å². The van der Waals surface area contributed by atoms with E-state index in [0.717, 1.165) is 12.8 Å². The van der Waals surface area contributed by atoms with Gasteiger partial charge >= 0.3 is 295 Å². The van der Waals surface area contributed by atoms with Crippen molar-refractivity contribution >= 4 is 56.3 Å². The topological polar surface area (TPSA) is 0 Å². The van der Waals surface area contributed by atoms with Gasteiger partial charge in [-0.25, -0.2) is 0 Å². The van der Waals surface area contributed by atoms with Crippen LogP contribution >= 0.6 is 17.2 Å². The summed E-state index contributed by atoms with van der Waals surface area (Å²) in [6.45, 7) is 9.42. The molecular weight excluding hydrogens is 806 g/mol. The van der Waals surface area contributed by atoms with Crippen LogP contribution in [0.4, 0.5) is 0 Å². The average molecular weight is 846 g/mol. The second-order valence-electron chi connectivity index (χ2n) is 13.8. The van der Waals surface area contributed by atoms with Crippen LogP contribution in [0.15, 0.2) is 132 Å². The van der Waals surface area contributed by atoms with Crippen LogP contribution in [0, 0.1) is 0 Å². The van der Waals surface area contributed by atoms with E-state index in [2.05, 4.69) is 160 Å². The molecule has 2 aliphatic rings. The normalized spacial score (nSPS) is 17.3. The van der Waals surface area contributed by atoms with Gasteiger partial charge in [-0.3, -0.25) is 0 Å². The molecule has 6 aromatic rings. The summed E-state index contributed by atoms with van der Waals surface area (Å²) >= 11 is -5.04. The summed E-state index contributed by atoms with van der Waals surface area (Å²) in [5.74, 6) is 0. The fourth-order valence-electron chi connectivity index (χ4n) is 8.93. The van der Waals surface area contributed by atoms with Gasteiger partial charge in [0.25, 0.3) is 0 Å². The summed E-state index contributed by atoms with van der Waals surface area (Å²) in [6.07, 6.45) is 6.83. The summed E-state index contributed by atoms with van der Waals surface area (Å²) in [5, 5.41) is 5.08. The Morgan fingerprint density at radius 3 is 1.29 bits per heavy atom. The third-order valence-electron chi connectivity index (χ3n) is 11.3. The van der Waals surface area contributed by atoms with Gasteiger partial charge in [0.05, 0.1) is 0 Å². The quantitative estimate of drug-likeness (QED) is 0.147. The molecule has 0 spiro atoms. The molecule has 0 saturated carbocycles. The molecular formula is C44H40Cl2HfSi. The van der Waals surface area contributed by atoms with Gasteiger partial charge in [0, 0.05) is 0 Å². The van der Waals surface area contributed by atoms with Crippen molar-refractivity contribution in [3.63, 3.8) is 0 Å². The Morgan fingerprint density at radius 2 is 0.875 bits per heavy atom. The molecule has 0 fully saturated rings. The van der Waals surface area contributed by atoms with Crippen LogP contribution in [0.1, 0.15) is 56.3 Å². The summed E-state index contributed by atoms with van der Waals surface area (Å²) in [4.78, 5) is 0. The van der Waals surface area contributed by atoms with Crippen molar-refractivity contribution in [3.05, 3.63) is 155 Å². The molecule has 2 unspecified atom stereocenters. The molecule has 238 valence electrons. The predicted molar refractivity (Wildman–Crippen MR) is 210 cm³/mol. The molecule has 4 heteroatoms. The molecule has 0 saturated heterocycles. The van der Waals surface area contributed by atoms with Gasteiger partial charge < -0.3 is 0 Å². The average Bonchev–Trinajstić information content (AvgIpc) is 3.71. The molecule has 2 atom stereocenters.